The van der Waals surface area contributed by atoms with E-state index in [-0.39, 0.29) is 6.10 Å². The van der Waals surface area contributed by atoms with Crippen LogP contribution in [0.15, 0.2) is 18.2 Å². The van der Waals surface area contributed by atoms with Crippen molar-refractivity contribution < 1.29 is 14.6 Å². The van der Waals surface area contributed by atoms with Gasteiger partial charge >= 0.3 is 0 Å². The van der Waals surface area contributed by atoms with E-state index >= 15 is 0 Å². The van der Waals surface area contributed by atoms with E-state index in [2.05, 4.69) is 0 Å². The van der Waals surface area contributed by atoms with Crippen molar-refractivity contribution in [3.05, 3.63) is 28.8 Å². The van der Waals surface area contributed by atoms with Crippen LogP contribution in [0, 0.1) is 5.92 Å². The summed E-state index contributed by atoms with van der Waals surface area (Å²) < 4.78 is 11.1. The van der Waals surface area contributed by atoms with Crippen molar-refractivity contribution in [2.75, 3.05) is 13.7 Å². The first kappa shape index (κ1) is 16.6. The second-order valence-electron chi connectivity index (χ2n) is 5.66. The third-order valence-electron chi connectivity index (χ3n) is 4.30. The van der Waals surface area contributed by atoms with E-state index in [1.54, 1.807) is 13.2 Å². The van der Waals surface area contributed by atoms with Crippen molar-refractivity contribution >= 4 is 11.6 Å². The summed E-state index contributed by atoms with van der Waals surface area (Å²) in [6, 6.07) is 5.43. The van der Waals surface area contributed by atoms with Crippen LogP contribution in [0.1, 0.15) is 50.7 Å². The molecule has 3 nitrogen and oxygen atoms in total. The second kappa shape index (κ2) is 8.02. The molecule has 0 saturated heterocycles. The van der Waals surface area contributed by atoms with Gasteiger partial charge in [0.25, 0.3) is 0 Å². The molecule has 0 aliphatic heterocycles. The van der Waals surface area contributed by atoms with Gasteiger partial charge in [-0.15, -0.1) is 0 Å². The molecule has 1 fully saturated rings. The molecular weight excluding hydrogens is 288 g/mol. The number of aliphatic hydroxyl groups excluding tert-OH is 1. The fraction of sp³-hybridized carbons (Fsp3) is 0.647. The average molecular weight is 313 g/mol. The van der Waals surface area contributed by atoms with Crippen molar-refractivity contribution in [3.8, 4) is 5.75 Å². The molecule has 2 atom stereocenters. The molecular formula is C17H25ClO3. The Labute approximate surface area is 132 Å². The fourth-order valence-electron chi connectivity index (χ4n) is 3.19. The maximum atomic E-state index is 10.8. The van der Waals surface area contributed by atoms with Gasteiger partial charge < -0.3 is 14.6 Å². The summed E-state index contributed by atoms with van der Waals surface area (Å²) >= 11 is 6.05. The van der Waals surface area contributed by atoms with Gasteiger partial charge in [-0.2, -0.15) is 0 Å². The molecule has 21 heavy (non-hydrogen) atoms. The Morgan fingerprint density at radius 3 is 2.62 bits per heavy atom. The monoisotopic (exact) mass is 312 g/mol. The van der Waals surface area contributed by atoms with Crippen molar-refractivity contribution in [1.29, 1.82) is 0 Å². The summed E-state index contributed by atoms with van der Waals surface area (Å²) in [4.78, 5) is 0. The highest BCUT2D eigenvalue weighted by Gasteiger charge is 2.31. The van der Waals surface area contributed by atoms with Gasteiger partial charge in [-0.05, 0) is 43.4 Å². The number of aliphatic hydroxyl groups is 1. The topological polar surface area (TPSA) is 38.7 Å². The summed E-state index contributed by atoms with van der Waals surface area (Å²) in [5.41, 5.74) is 0.806. The highest BCUT2D eigenvalue weighted by Crippen LogP contribution is 2.36. The Kier molecular flexibility index (Phi) is 6.34. The number of benzene rings is 1. The molecule has 1 aliphatic rings. The third-order valence-corrected chi connectivity index (χ3v) is 4.61. The van der Waals surface area contributed by atoms with E-state index in [1.807, 2.05) is 19.1 Å². The van der Waals surface area contributed by atoms with Crippen LogP contribution in [-0.4, -0.2) is 24.9 Å². The Bertz CT molecular complexity index is 444. The lowest BCUT2D eigenvalue weighted by Gasteiger charge is -2.33. The minimum Gasteiger partial charge on any atom is -0.495 e. The number of hydrogen-bond acceptors (Lipinski definition) is 3. The lowest BCUT2D eigenvalue weighted by molar-refractivity contribution is -0.0739. The molecule has 1 aromatic carbocycles. The van der Waals surface area contributed by atoms with E-state index in [0.717, 1.165) is 18.4 Å². The van der Waals surface area contributed by atoms with Crippen LogP contribution in [0.2, 0.25) is 5.02 Å². The Balaban J connectivity index is 2.18. The zero-order valence-electron chi connectivity index (χ0n) is 12.8. The predicted molar refractivity (Wildman–Crippen MR) is 85.0 cm³/mol. The van der Waals surface area contributed by atoms with Gasteiger partial charge in [-0.25, -0.2) is 0 Å². The molecule has 1 saturated carbocycles. The van der Waals surface area contributed by atoms with Crippen molar-refractivity contribution in [2.45, 2.75) is 51.2 Å². The Morgan fingerprint density at radius 1 is 1.29 bits per heavy atom. The second-order valence-corrected chi connectivity index (χ2v) is 6.06. The first-order chi connectivity index (χ1) is 10.2. The number of methoxy groups -OCH3 is 1. The van der Waals surface area contributed by atoms with Crippen LogP contribution in [0.3, 0.4) is 0 Å². The van der Waals surface area contributed by atoms with Crippen LogP contribution in [0.25, 0.3) is 0 Å². The van der Waals surface area contributed by atoms with E-state index in [4.69, 9.17) is 21.1 Å². The maximum Gasteiger partial charge on any atom is 0.137 e. The standard InChI is InChI=1S/C17H25ClO3/c1-3-21-17(12-7-5-4-6-8-12)16(19)13-9-10-14(18)15(11-13)20-2/h9-12,16-17,19H,3-8H2,1-2H3. The largest absolute Gasteiger partial charge is 0.495 e. The van der Waals surface area contributed by atoms with Crippen molar-refractivity contribution in [2.24, 2.45) is 5.92 Å². The number of halogens is 1. The molecule has 0 heterocycles. The molecule has 0 radical (unpaired) electrons. The highest BCUT2D eigenvalue weighted by molar-refractivity contribution is 6.32. The van der Waals surface area contributed by atoms with Gasteiger partial charge in [-0.1, -0.05) is 36.9 Å². The number of ether oxygens (including phenoxy) is 2. The predicted octanol–water partition coefficient (Wildman–Crippen LogP) is 4.37. The zero-order valence-corrected chi connectivity index (χ0v) is 13.6. The molecule has 2 rings (SSSR count). The normalized spacial score (nSPS) is 19.2. The first-order valence-corrected chi connectivity index (χ1v) is 8.18. The lowest BCUT2D eigenvalue weighted by atomic mass is 9.82. The molecule has 1 aliphatic carbocycles. The SMILES string of the molecule is CCOC(C1CCCCC1)C(O)c1ccc(Cl)c(OC)c1. The van der Waals surface area contributed by atoms with E-state index in [1.165, 1.54) is 19.3 Å². The highest BCUT2D eigenvalue weighted by atomic mass is 35.5. The molecule has 0 bridgehead atoms. The van der Waals surface area contributed by atoms with Gasteiger partial charge in [-0.3, -0.25) is 0 Å². The summed E-state index contributed by atoms with van der Waals surface area (Å²) in [6.07, 6.45) is 5.22. The molecule has 1 N–H and O–H groups in total. The van der Waals surface area contributed by atoms with Crippen LogP contribution in [-0.2, 0) is 4.74 Å². The van der Waals surface area contributed by atoms with Crippen LogP contribution >= 0.6 is 11.6 Å². The average Bonchev–Trinajstić information content (AvgIpc) is 2.53. The van der Waals surface area contributed by atoms with Crippen LogP contribution < -0.4 is 4.74 Å². The fourth-order valence-corrected chi connectivity index (χ4v) is 3.38. The van der Waals surface area contributed by atoms with Crippen molar-refractivity contribution in [1.82, 2.24) is 0 Å². The zero-order chi connectivity index (χ0) is 15.2. The lowest BCUT2D eigenvalue weighted by Crippen LogP contribution is -2.32. The van der Waals surface area contributed by atoms with Crippen molar-refractivity contribution in [3.63, 3.8) is 0 Å². The Hall–Kier alpha value is -0.770. The minimum atomic E-state index is -0.640. The van der Waals surface area contributed by atoms with Gasteiger partial charge in [0.2, 0.25) is 0 Å². The molecule has 118 valence electrons. The molecule has 0 amide bonds. The Morgan fingerprint density at radius 2 is 2.00 bits per heavy atom. The molecule has 2 unspecified atom stereocenters. The minimum absolute atomic E-state index is 0.152. The van der Waals surface area contributed by atoms with Gasteiger partial charge in [0, 0.05) is 6.61 Å². The van der Waals surface area contributed by atoms with E-state index in [0.29, 0.717) is 23.3 Å². The summed E-state index contributed by atoms with van der Waals surface area (Å²) in [7, 11) is 1.58. The van der Waals surface area contributed by atoms with Gasteiger partial charge in [0.15, 0.2) is 0 Å². The summed E-state index contributed by atoms with van der Waals surface area (Å²) in [5, 5.41) is 11.3. The van der Waals surface area contributed by atoms with Crippen LogP contribution in [0.5, 0.6) is 5.75 Å². The van der Waals surface area contributed by atoms with Gasteiger partial charge in [0.05, 0.1) is 18.2 Å². The smallest absolute Gasteiger partial charge is 0.137 e. The summed E-state index contributed by atoms with van der Waals surface area (Å²) in [6.45, 7) is 2.59. The molecule has 0 aromatic heterocycles. The maximum absolute atomic E-state index is 10.8. The molecule has 4 heteroatoms. The number of rotatable bonds is 6. The third kappa shape index (κ3) is 4.12. The summed E-state index contributed by atoms with van der Waals surface area (Å²) in [5.74, 6) is 1.02. The van der Waals surface area contributed by atoms with E-state index in [9.17, 15) is 5.11 Å². The molecule has 0 spiro atoms. The first-order valence-electron chi connectivity index (χ1n) is 7.80. The quantitative estimate of drug-likeness (QED) is 0.848. The number of hydrogen-bond donors (Lipinski definition) is 1. The molecule has 1 aromatic rings. The van der Waals surface area contributed by atoms with E-state index < -0.39 is 6.10 Å². The van der Waals surface area contributed by atoms with Crippen LogP contribution in [0.4, 0.5) is 0 Å². The van der Waals surface area contributed by atoms with Gasteiger partial charge in [0.1, 0.15) is 11.9 Å².